The Kier molecular flexibility index (Phi) is 7.04. The highest BCUT2D eigenvalue weighted by atomic mass is 35.5. The van der Waals surface area contributed by atoms with Crippen molar-refractivity contribution in [1.29, 1.82) is 0 Å². The maximum atomic E-state index is 6.29. The van der Waals surface area contributed by atoms with E-state index in [0.29, 0.717) is 6.04 Å². The van der Waals surface area contributed by atoms with Gasteiger partial charge in [-0.2, -0.15) is 5.10 Å². The normalized spacial score (nSPS) is 16.1. The lowest BCUT2D eigenvalue weighted by Crippen LogP contribution is -2.41. The van der Waals surface area contributed by atoms with Crippen LogP contribution in [0.15, 0.2) is 24.5 Å². The molecule has 0 radical (unpaired) electrons. The average Bonchev–Trinajstić information content (AvgIpc) is 2.80. The molecule has 24 heavy (non-hydrogen) atoms. The number of piperidine rings is 1. The number of rotatable bonds is 5. The van der Waals surface area contributed by atoms with E-state index in [2.05, 4.69) is 32.4 Å². The Morgan fingerprint density at radius 2 is 1.92 bits per heavy atom. The Balaban J connectivity index is 0.00000208. The predicted octanol–water partition coefficient (Wildman–Crippen LogP) is 2.95. The highest BCUT2D eigenvalue weighted by Gasteiger charge is 2.20. The number of nitrogens with zero attached hydrogens (tertiary/aromatic N) is 4. The van der Waals surface area contributed by atoms with Crippen molar-refractivity contribution in [1.82, 2.24) is 25.0 Å². The summed E-state index contributed by atoms with van der Waals surface area (Å²) < 4.78 is 1.74. The number of nitrogens with one attached hydrogen (secondary N) is 1. The first kappa shape index (κ1) is 19.2. The van der Waals surface area contributed by atoms with Gasteiger partial charge in [-0.3, -0.25) is 14.6 Å². The number of hydrogen-bond donors (Lipinski definition) is 1. The van der Waals surface area contributed by atoms with Gasteiger partial charge in [-0.25, -0.2) is 0 Å². The fourth-order valence-corrected chi connectivity index (χ4v) is 3.40. The Labute approximate surface area is 154 Å². The van der Waals surface area contributed by atoms with Crippen LogP contribution in [0.25, 0.3) is 0 Å². The molecule has 1 N–H and O–H groups in total. The summed E-state index contributed by atoms with van der Waals surface area (Å²) in [7, 11) is 1.89. The first-order valence-electron chi connectivity index (χ1n) is 8.16. The van der Waals surface area contributed by atoms with Gasteiger partial charge in [-0.15, -0.1) is 12.4 Å². The second-order valence-corrected chi connectivity index (χ2v) is 6.62. The van der Waals surface area contributed by atoms with Gasteiger partial charge >= 0.3 is 0 Å². The van der Waals surface area contributed by atoms with Crippen LogP contribution in [0.1, 0.15) is 29.7 Å². The maximum absolute atomic E-state index is 6.29. The van der Waals surface area contributed by atoms with E-state index >= 15 is 0 Å². The third-order valence-electron chi connectivity index (χ3n) is 4.58. The zero-order valence-electron chi connectivity index (χ0n) is 14.2. The topological polar surface area (TPSA) is 46.0 Å². The molecular weight excluding hydrogens is 345 g/mol. The maximum Gasteiger partial charge on any atom is 0.131 e. The smallest absolute Gasteiger partial charge is 0.131 e. The standard InChI is InChI=1S/C17H24ClN5.ClH/c1-13-16(17(18)22(2)21-13)11-20-15-5-9-23(10-6-15)12-14-3-7-19-8-4-14;/h3-4,7-8,15,20H,5-6,9-12H2,1-2H3;1H. The first-order chi connectivity index (χ1) is 11.1. The molecule has 0 saturated carbocycles. The van der Waals surface area contributed by atoms with Gasteiger partial charge in [0.05, 0.1) is 5.69 Å². The van der Waals surface area contributed by atoms with Gasteiger partial charge < -0.3 is 5.32 Å². The van der Waals surface area contributed by atoms with E-state index in [-0.39, 0.29) is 12.4 Å². The first-order valence-corrected chi connectivity index (χ1v) is 8.54. The summed E-state index contributed by atoms with van der Waals surface area (Å²) in [4.78, 5) is 6.58. The summed E-state index contributed by atoms with van der Waals surface area (Å²) in [6, 6.07) is 4.74. The lowest BCUT2D eigenvalue weighted by atomic mass is 10.0. The molecule has 5 nitrogen and oxygen atoms in total. The van der Waals surface area contributed by atoms with Crippen molar-refractivity contribution in [3.63, 3.8) is 0 Å². The fraction of sp³-hybridized carbons (Fsp3) is 0.529. The van der Waals surface area contributed by atoms with Crippen LogP contribution >= 0.6 is 24.0 Å². The van der Waals surface area contributed by atoms with Crippen molar-refractivity contribution in [2.75, 3.05) is 13.1 Å². The van der Waals surface area contributed by atoms with Gasteiger partial charge in [-0.05, 0) is 50.6 Å². The molecule has 2 aromatic heterocycles. The van der Waals surface area contributed by atoms with E-state index in [4.69, 9.17) is 11.6 Å². The molecule has 0 unspecified atom stereocenters. The van der Waals surface area contributed by atoms with Crippen LogP contribution in [0, 0.1) is 6.92 Å². The molecule has 7 heteroatoms. The van der Waals surface area contributed by atoms with Gasteiger partial charge in [0, 0.05) is 44.1 Å². The quantitative estimate of drug-likeness (QED) is 0.879. The second kappa shape index (κ2) is 8.81. The van der Waals surface area contributed by atoms with Gasteiger partial charge in [0.1, 0.15) is 5.15 Å². The van der Waals surface area contributed by atoms with Gasteiger partial charge in [0.25, 0.3) is 0 Å². The molecular formula is C17H25Cl2N5. The molecule has 0 atom stereocenters. The molecule has 1 aliphatic heterocycles. The number of pyridine rings is 1. The minimum absolute atomic E-state index is 0. The van der Waals surface area contributed by atoms with Crippen molar-refractivity contribution < 1.29 is 0 Å². The monoisotopic (exact) mass is 369 g/mol. The van der Waals surface area contributed by atoms with E-state index in [0.717, 1.165) is 42.6 Å². The molecule has 3 rings (SSSR count). The van der Waals surface area contributed by atoms with E-state index < -0.39 is 0 Å². The van der Waals surface area contributed by atoms with E-state index in [1.165, 1.54) is 18.4 Å². The molecule has 0 amide bonds. The molecule has 2 aromatic rings. The lowest BCUT2D eigenvalue weighted by molar-refractivity contribution is 0.190. The minimum Gasteiger partial charge on any atom is -0.310 e. The van der Waals surface area contributed by atoms with Gasteiger partial charge in [0.15, 0.2) is 0 Å². The van der Waals surface area contributed by atoms with Crippen LogP contribution < -0.4 is 5.32 Å². The zero-order chi connectivity index (χ0) is 16.2. The van der Waals surface area contributed by atoms with Crippen LogP contribution in [0.4, 0.5) is 0 Å². The van der Waals surface area contributed by atoms with E-state index in [1.54, 1.807) is 4.68 Å². The van der Waals surface area contributed by atoms with Crippen molar-refractivity contribution in [2.24, 2.45) is 7.05 Å². The molecule has 0 aromatic carbocycles. The average molecular weight is 370 g/mol. The van der Waals surface area contributed by atoms with E-state index in [1.807, 2.05) is 26.4 Å². The Morgan fingerprint density at radius 3 is 2.50 bits per heavy atom. The number of likely N-dealkylation sites (tertiary alicyclic amines) is 1. The van der Waals surface area contributed by atoms with Gasteiger partial charge in [0.2, 0.25) is 0 Å². The summed E-state index contributed by atoms with van der Waals surface area (Å²) in [5.41, 5.74) is 3.47. The number of halogens is 2. The summed E-state index contributed by atoms with van der Waals surface area (Å²) >= 11 is 6.29. The van der Waals surface area contributed by atoms with Gasteiger partial charge in [-0.1, -0.05) is 11.6 Å². The van der Waals surface area contributed by atoms with Crippen molar-refractivity contribution in [3.8, 4) is 0 Å². The summed E-state index contributed by atoms with van der Waals surface area (Å²) in [5.74, 6) is 0. The highest BCUT2D eigenvalue weighted by molar-refractivity contribution is 6.30. The minimum atomic E-state index is 0. The molecule has 3 heterocycles. The highest BCUT2D eigenvalue weighted by Crippen LogP contribution is 2.20. The Morgan fingerprint density at radius 1 is 1.25 bits per heavy atom. The predicted molar refractivity (Wildman–Crippen MR) is 99.6 cm³/mol. The second-order valence-electron chi connectivity index (χ2n) is 6.27. The number of aryl methyl sites for hydroxylation is 2. The van der Waals surface area contributed by atoms with E-state index in [9.17, 15) is 0 Å². The molecule has 1 saturated heterocycles. The summed E-state index contributed by atoms with van der Waals surface area (Å²) in [6.07, 6.45) is 6.07. The molecule has 132 valence electrons. The zero-order valence-corrected chi connectivity index (χ0v) is 15.8. The van der Waals surface area contributed by atoms with Crippen LogP contribution in [0.3, 0.4) is 0 Å². The van der Waals surface area contributed by atoms with Crippen molar-refractivity contribution in [2.45, 2.75) is 38.9 Å². The van der Waals surface area contributed by atoms with Crippen molar-refractivity contribution >= 4 is 24.0 Å². The SMILES string of the molecule is Cc1nn(C)c(Cl)c1CNC1CCN(Cc2ccncc2)CC1.Cl. The number of hydrogen-bond acceptors (Lipinski definition) is 4. The number of aromatic nitrogens is 3. The Bertz CT molecular complexity index is 636. The Hall–Kier alpha value is -1.14. The van der Waals surface area contributed by atoms with Crippen LogP contribution in [-0.2, 0) is 20.1 Å². The molecule has 0 bridgehead atoms. The molecule has 1 fully saturated rings. The molecule has 1 aliphatic rings. The lowest BCUT2D eigenvalue weighted by Gasteiger charge is -2.32. The summed E-state index contributed by atoms with van der Waals surface area (Å²) in [6.45, 7) is 6.08. The van der Waals surface area contributed by atoms with Crippen LogP contribution in [0.2, 0.25) is 5.15 Å². The molecule has 0 spiro atoms. The third-order valence-corrected chi connectivity index (χ3v) is 5.05. The van der Waals surface area contributed by atoms with Crippen molar-refractivity contribution in [3.05, 3.63) is 46.5 Å². The summed E-state index contributed by atoms with van der Waals surface area (Å²) in [5, 5.41) is 8.75. The van der Waals surface area contributed by atoms with Crippen LogP contribution in [0.5, 0.6) is 0 Å². The fourth-order valence-electron chi connectivity index (χ4n) is 3.16. The largest absolute Gasteiger partial charge is 0.310 e. The third kappa shape index (κ3) is 4.70. The van der Waals surface area contributed by atoms with Crippen LogP contribution in [-0.4, -0.2) is 38.8 Å². The molecule has 0 aliphatic carbocycles.